The SMILES string of the molecule is COc1ccc(-c2cc3c(=O)n(CC(=O)NCCN4CCOCC4)ncn3n2)cc1. The summed E-state index contributed by atoms with van der Waals surface area (Å²) >= 11 is 0. The Labute approximate surface area is 173 Å². The first-order valence-corrected chi connectivity index (χ1v) is 9.81. The first kappa shape index (κ1) is 20.0. The summed E-state index contributed by atoms with van der Waals surface area (Å²) in [5.41, 5.74) is 1.49. The molecule has 1 amide bonds. The molecular weight excluding hydrogens is 388 g/mol. The topological polar surface area (TPSA) is 103 Å². The van der Waals surface area contributed by atoms with Crippen molar-refractivity contribution in [3.05, 3.63) is 47.0 Å². The zero-order valence-electron chi connectivity index (χ0n) is 16.8. The van der Waals surface area contributed by atoms with Crippen molar-refractivity contribution in [2.75, 3.05) is 46.5 Å². The molecule has 4 rings (SSSR count). The minimum atomic E-state index is -0.368. The minimum Gasteiger partial charge on any atom is -0.497 e. The normalized spacial score (nSPS) is 14.7. The van der Waals surface area contributed by atoms with Crippen LogP contribution in [-0.2, 0) is 16.1 Å². The van der Waals surface area contributed by atoms with Crippen LogP contribution in [-0.4, -0.2) is 76.7 Å². The second-order valence-corrected chi connectivity index (χ2v) is 6.99. The van der Waals surface area contributed by atoms with Crippen LogP contribution in [0.4, 0.5) is 0 Å². The van der Waals surface area contributed by atoms with Gasteiger partial charge < -0.3 is 14.8 Å². The van der Waals surface area contributed by atoms with Crippen molar-refractivity contribution in [1.82, 2.24) is 29.6 Å². The van der Waals surface area contributed by atoms with Crippen molar-refractivity contribution in [1.29, 1.82) is 0 Å². The Kier molecular flexibility index (Phi) is 6.05. The Balaban J connectivity index is 1.42. The molecule has 3 heterocycles. The maximum Gasteiger partial charge on any atom is 0.293 e. The monoisotopic (exact) mass is 412 g/mol. The molecule has 0 radical (unpaired) electrons. The number of benzene rings is 1. The summed E-state index contributed by atoms with van der Waals surface area (Å²) in [7, 11) is 1.60. The third kappa shape index (κ3) is 4.50. The van der Waals surface area contributed by atoms with Crippen LogP contribution in [0.5, 0.6) is 5.75 Å². The zero-order valence-corrected chi connectivity index (χ0v) is 16.8. The van der Waals surface area contributed by atoms with Crippen LogP contribution in [0.2, 0.25) is 0 Å². The van der Waals surface area contributed by atoms with Crippen LogP contribution in [0.3, 0.4) is 0 Å². The van der Waals surface area contributed by atoms with Crippen molar-refractivity contribution in [3.63, 3.8) is 0 Å². The highest BCUT2D eigenvalue weighted by Gasteiger charge is 2.13. The number of ether oxygens (including phenoxy) is 2. The van der Waals surface area contributed by atoms with E-state index in [1.165, 1.54) is 10.8 Å². The Hall–Kier alpha value is -3.24. The largest absolute Gasteiger partial charge is 0.497 e. The highest BCUT2D eigenvalue weighted by molar-refractivity contribution is 5.75. The van der Waals surface area contributed by atoms with E-state index >= 15 is 0 Å². The fraction of sp³-hybridized carbons (Fsp3) is 0.400. The molecule has 158 valence electrons. The van der Waals surface area contributed by atoms with E-state index in [9.17, 15) is 9.59 Å². The fourth-order valence-corrected chi connectivity index (χ4v) is 3.32. The van der Waals surface area contributed by atoms with E-state index in [2.05, 4.69) is 20.4 Å². The molecular formula is C20H24N6O4. The molecule has 3 aromatic rings. The van der Waals surface area contributed by atoms with Crippen molar-refractivity contribution in [3.8, 4) is 17.0 Å². The molecule has 1 saturated heterocycles. The standard InChI is InChI=1S/C20H24N6O4/c1-29-16-4-2-15(3-5-16)17-12-18-20(28)25(22-14-26(18)23-17)13-19(27)21-6-7-24-8-10-30-11-9-24/h2-5,12,14H,6-11,13H2,1H3,(H,21,27). The molecule has 0 aliphatic carbocycles. The zero-order chi connectivity index (χ0) is 20.9. The molecule has 0 unspecified atom stereocenters. The summed E-state index contributed by atoms with van der Waals surface area (Å²) in [4.78, 5) is 27.2. The highest BCUT2D eigenvalue weighted by Crippen LogP contribution is 2.21. The maximum atomic E-state index is 12.7. The van der Waals surface area contributed by atoms with Crippen LogP contribution in [0.25, 0.3) is 16.8 Å². The molecule has 30 heavy (non-hydrogen) atoms. The van der Waals surface area contributed by atoms with Gasteiger partial charge in [-0.2, -0.15) is 10.2 Å². The number of nitrogens with one attached hydrogen (secondary N) is 1. The van der Waals surface area contributed by atoms with Gasteiger partial charge in [-0.05, 0) is 30.3 Å². The molecule has 10 heteroatoms. The lowest BCUT2D eigenvalue weighted by Gasteiger charge is -2.26. The van der Waals surface area contributed by atoms with Gasteiger partial charge in [-0.3, -0.25) is 14.5 Å². The third-order valence-electron chi connectivity index (χ3n) is 5.02. The van der Waals surface area contributed by atoms with Crippen molar-refractivity contribution in [2.45, 2.75) is 6.54 Å². The lowest BCUT2D eigenvalue weighted by atomic mass is 10.1. The van der Waals surface area contributed by atoms with Gasteiger partial charge in [-0.25, -0.2) is 9.20 Å². The summed E-state index contributed by atoms with van der Waals surface area (Å²) in [6, 6.07) is 9.09. The molecule has 0 saturated carbocycles. The fourth-order valence-electron chi connectivity index (χ4n) is 3.32. The second-order valence-electron chi connectivity index (χ2n) is 6.99. The van der Waals surface area contributed by atoms with E-state index in [1.54, 1.807) is 13.2 Å². The van der Waals surface area contributed by atoms with E-state index in [0.717, 1.165) is 48.8 Å². The number of aromatic nitrogens is 4. The number of fused-ring (bicyclic) bond motifs is 1. The quantitative estimate of drug-likeness (QED) is 0.583. The smallest absolute Gasteiger partial charge is 0.293 e. The van der Waals surface area contributed by atoms with E-state index in [0.29, 0.717) is 17.8 Å². The molecule has 2 aromatic heterocycles. The number of hydrogen-bond donors (Lipinski definition) is 1. The number of amides is 1. The van der Waals surface area contributed by atoms with Gasteiger partial charge in [-0.15, -0.1) is 0 Å². The van der Waals surface area contributed by atoms with Crippen LogP contribution in [0.1, 0.15) is 0 Å². The first-order chi connectivity index (χ1) is 14.6. The molecule has 1 aliphatic rings. The predicted octanol–water partition coefficient (Wildman–Crippen LogP) is 0.0150. The Morgan fingerprint density at radius 3 is 2.73 bits per heavy atom. The van der Waals surface area contributed by atoms with Gasteiger partial charge in [0.15, 0.2) is 0 Å². The third-order valence-corrected chi connectivity index (χ3v) is 5.02. The number of nitrogens with zero attached hydrogens (tertiary/aromatic N) is 5. The van der Waals surface area contributed by atoms with E-state index in [4.69, 9.17) is 9.47 Å². The Bertz CT molecular complexity index is 1070. The number of carbonyl (C=O) groups excluding carboxylic acids is 1. The summed E-state index contributed by atoms with van der Waals surface area (Å²) in [5.74, 6) is 0.489. The molecule has 10 nitrogen and oxygen atoms in total. The second kappa shape index (κ2) is 9.06. The van der Waals surface area contributed by atoms with Crippen LogP contribution < -0.4 is 15.6 Å². The number of carbonyl (C=O) groups is 1. The van der Waals surface area contributed by atoms with Gasteiger partial charge >= 0.3 is 0 Å². The molecule has 0 bridgehead atoms. The number of rotatable bonds is 7. The van der Waals surface area contributed by atoms with Gasteiger partial charge in [0, 0.05) is 31.7 Å². The van der Waals surface area contributed by atoms with E-state index in [1.807, 2.05) is 24.3 Å². The molecule has 1 aliphatic heterocycles. The lowest BCUT2D eigenvalue weighted by Crippen LogP contribution is -2.42. The molecule has 1 N–H and O–H groups in total. The minimum absolute atomic E-state index is 0.137. The molecule has 1 aromatic carbocycles. The highest BCUT2D eigenvalue weighted by atomic mass is 16.5. The van der Waals surface area contributed by atoms with E-state index in [-0.39, 0.29) is 18.0 Å². The van der Waals surface area contributed by atoms with Gasteiger partial charge in [0.1, 0.15) is 24.1 Å². The summed E-state index contributed by atoms with van der Waals surface area (Å²) in [6.07, 6.45) is 1.44. The number of methoxy groups -OCH3 is 1. The lowest BCUT2D eigenvalue weighted by molar-refractivity contribution is -0.122. The summed E-state index contributed by atoms with van der Waals surface area (Å²) in [6.45, 7) is 4.31. The van der Waals surface area contributed by atoms with Gasteiger partial charge in [0.25, 0.3) is 5.56 Å². The maximum absolute atomic E-state index is 12.7. The van der Waals surface area contributed by atoms with E-state index < -0.39 is 0 Å². The van der Waals surface area contributed by atoms with Crippen LogP contribution >= 0.6 is 0 Å². The average molecular weight is 412 g/mol. The Morgan fingerprint density at radius 2 is 2.00 bits per heavy atom. The van der Waals surface area contributed by atoms with Gasteiger partial charge in [0.2, 0.25) is 5.91 Å². The predicted molar refractivity (Wildman–Crippen MR) is 110 cm³/mol. The summed E-state index contributed by atoms with van der Waals surface area (Å²) < 4.78 is 13.0. The average Bonchev–Trinajstić information content (AvgIpc) is 3.22. The van der Waals surface area contributed by atoms with Crippen LogP contribution in [0, 0.1) is 0 Å². The molecule has 0 spiro atoms. The van der Waals surface area contributed by atoms with Crippen LogP contribution in [0.15, 0.2) is 41.5 Å². The molecule has 0 atom stereocenters. The van der Waals surface area contributed by atoms with Gasteiger partial charge in [-0.1, -0.05) is 0 Å². The number of hydrogen-bond acceptors (Lipinski definition) is 7. The number of morpholine rings is 1. The Morgan fingerprint density at radius 1 is 1.23 bits per heavy atom. The molecule has 1 fully saturated rings. The first-order valence-electron chi connectivity index (χ1n) is 9.81. The van der Waals surface area contributed by atoms with Crippen molar-refractivity contribution in [2.24, 2.45) is 0 Å². The van der Waals surface area contributed by atoms with Crippen molar-refractivity contribution < 1.29 is 14.3 Å². The summed E-state index contributed by atoms with van der Waals surface area (Å²) in [5, 5.41) is 11.3. The van der Waals surface area contributed by atoms with Gasteiger partial charge in [0.05, 0.1) is 26.0 Å². The van der Waals surface area contributed by atoms with Crippen molar-refractivity contribution >= 4 is 11.4 Å².